The van der Waals surface area contributed by atoms with Crippen molar-refractivity contribution in [1.29, 1.82) is 0 Å². The van der Waals surface area contributed by atoms with Crippen LogP contribution in [0.25, 0.3) is 0 Å². The summed E-state index contributed by atoms with van der Waals surface area (Å²) >= 11 is 0. The van der Waals surface area contributed by atoms with Crippen LogP contribution >= 0.6 is 0 Å². The molecule has 4 nitrogen and oxygen atoms in total. The lowest BCUT2D eigenvalue weighted by atomic mass is 10.0. The first-order valence-electron chi connectivity index (χ1n) is 8.67. The van der Waals surface area contributed by atoms with Crippen LogP contribution < -0.4 is 4.90 Å². The fourth-order valence-corrected chi connectivity index (χ4v) is 3.57. The zero-order valence-electron chi connectivity index (χ0n) is 15.1. The quantitative estimate of drug-likeness (QED) is 0.807. The number of hydrogen-bond donors (Lipinski definition) is 0. The molecule has 0 radical (unpaired) electrons. The topological polar surface area (TPSA) is 40.6 Å². The molecule has 4 heteroatoms. The first-order chi connectivity index (χ1) is 12.0. The van der Waals surface area contributed by atoms with E-state index in [9.17, 15) is 9.59 Å². The zero-order chi connectivity index (χ0) is 18.0. The number of aldehydes is 1. The van der Waals surface area contributed by atoms with E-state index in [1.165, 1.54) is 5.69 Å². The van der Waals surface area contributed by atoms with E-state index in [-0.39, 0.29) is 5.91 Å². The molecule has 0 N–H and O–H groups in total. The molecule has 1 heterocycles. The third kappa shape index (κ3) is 3.58. The van der Waals surface area contributed by atoms with E-state index in [0.29, 0.717) is 18.7 Å². The molecule has 1 fully saturated rings. The Balaban J connectivity index is 1.71. The average molecular weight is 336 g/mol. The molecular weight excluding hydrogens is 312 g/mol. The summed E-state index contributed by atoms with van der Waals surface area (Å²) in [6.07, 6.45) is 0.891. The van der Waals surface area contributed by atoms with Crippen LogP contribution in [0.4, 0.5) is 5.69 Å². The largest absolute Gasteiger partial charge is 0.368 e. The molecule has 3 rings (SSSR count). The summed E-state index contributed by atoms with van der Waals surface area (Å²) in [5, 5.41) is 0. The summed E-state index contributed by atoms with van der Waals surface area (Å²) in [7, 11) is 0. The van der Waals surface area contributed by atoms with Gasteiger partial charge in [-0.15, -0.1) is 0 Å². The molecule has 0 atom stereocenters. The molecule has 2 aromatic rings. The highest BCUT2D eigenvalue weighted by atomic mass is 16.2. The second-order valence-electron chi connectivity index (χ2n) is 6.77. The maximum absolute atomic E-state index is 12.6. The smallest absolute Gasteiger partial charge is 0.253 e. The van der Waals surface area contributed by atoms with Crippen molar-refractivity contribution in [3.63, 3.8) is 0 Å². The van der Waals surface area contributed by atoms with Gasteiger partial charge in [-0.2, -0.15) is 0 Å². The van der Waals surface area contributed by atoms with Crippen molar-refractivity contribution in [3.8, 4) is 0 Å². The van der Waals surface area contributed by atoms with Crippen LogP contribution in [0, 0.1) is 20.8 Å². The Morgan fingerprint density at radius 3 is 2.00 bits per heavy atom. The van der Waals surface area contributed by atoms with Gasteiger partial charge in [-0.3, -0.25) is 9.59 Å². The van der Waals surface area contributed by atoms with Gasteiger partial charge in [0.2, 0.25) is 0 Å². The normalized spacial score (nSPS) is 14.5. The highest BCUT2D eigenvalue weighted by Gasteiger charge is 2.24. The minimum Gasteiger partial charge on any atom is -0.368 e. The first-order valence-corrected chi connectivity index (χ1v) is 8.67. The van der Waals surface area contributed by atoms with Gasteiger partial charge in [0.05, 0.1) is 0 Å². The molecule has 25 heavy (non-hydrogen) atoms. The highest BCUT2D eigenvalue weighted by molar-refractivity contribution is 5.94. The van der Waals surface area contributed by atoms with E-state index in [2.05, 4.69) is 4.90 Å². The summed E-state index contributed by atoms with van der Waals surface area (Å²) in [4.78, 5) is 27.9. The van der Waals surface area contributed by atoms with Gasteiger partial charge in [0, 0.05) is 43.0 Å². The Kier molecular flexibility index (Phi) is 4.88. The Labute approximate surface area is 149 Å². The molecule has 0 aromatic heterocycles. The van der Waals surface area contributed by atoms with Crippen molar-refractivity contribution < 1.29 is 9.59 Å². The fraction of sp³-hybridized carbons (Fsp3) is 0.333. The second kappa shape index (κ2) is 7.09. The monoisotopic (exact) mass is 336 g/mol. The van der Waals surface area contributed by atoms with Gasteiger partial charge in [-0.1, -0.05) is 17.7 Å². The van der Waals surface area contributed by atoms with Gasteiger partial charge in [0.1, 0.15) is 6.29 Å². The number of aryl methyl sites for hydroxylation is 3. The molecule has 1 aliphatic heterocycles. The standard InChI is InChI=1S/C21H24N2O2/c1-15-4-6-19(7-5-15)21(25)23-10-8-22(9-11-23)20-16(2)12-18(14-24)13-17(20)3/h4-7,12-14H,8-11H2,1-3H3. The number of hydrogen-bond acceptors (Lipinski definition) is 3. The second-order valence-corrected chi connectivity index (χ2v) is 6.77. The molecule has 0 saturated carbocycles. The van der Waals surface area contributed by atoms with Crippen LogP contribution in [0.5, 0.6) is 0 Å². The SMILES string of the molecule is Cc1ccc(C(=O)N2CCN(c3c(C)cc(C=O)cc3C)CC2)cc1. The van der Waals surface area contributed by atoms with E-state index in [1.807, 2.05) is 62.1 Å². The van der Waals surface area contributed by atoms with Gasteiger partial charge < -0.3 is 9.80 Å². The lowest BCUT2D eigenvalue weighted by Crippen LogP contribution is -2.49. The van der Waals surface area contributed by atoms with Crippen LogP contribution in [0.2, 0.25) is 0 Å². The lowest BCUT2D eigenvalue weighted by Gasteiger charge is -2.37. The Morgan fingerprint density at radius 1 is 0.920 bits per heavy atom. The molecule has 1 saturated heterocycles. The fourth-order valence-electron chi connectivity index (χ4n) is 3.57. The maximum Gasteiger partial charge on any atom is 0.253 e. The molecular formula is C21H24N2O2. The average Bonchev–Trinajstić information content (AvgIpc) is 2.61. The molecule has 0 aliphatic carbocycles. The number of rotatable bonds is 3. The molecule has 1 amide bonds. The summed E-state index contributed by atoms with van der Waals surface area (Å²) in [5.41, 5.74) is 6.04. The van der Waals surface area contributed by atoms with E-state index in [4.69, 9.17) is 0 Å². The van der Waals surface area contributed by atoms with Crippen LogP contribution in [0.3, 0.4) is 0 Å². The number of amides is 1. The Bertz CT molecular complexity index is 765. The lowest BCUT2D eigenvalue weighted by molar-refractivity contribution is 0.0746. The van der Waals surface area contributed by atoms with E-state index in [0.717, 1.165) is 41.6 Å². The van der Waals surface area contributed by atoms with Gasteiger partial charge >= 0.3 is 0 Å². The van der Waals surface area contributed by atoms with Crippen LogP contribution in [0.15, 0.2) is 36.4 Å². The maximum atomic E-state index is 12.6. The summed E-state index contributed by atoms with van der Waals surface area (Å²) in [6.45, 7) is 9.13. The minimum atomic E-state index is 0.101. The molecule has 1 aliphatic rings. The van der Waals surface area contributed by atoms with Gasteiger partial charge in [-0.25, -0.2) is 0 Å². The number of nitrogens with zero attached hydrogens (tertiary/aromatic N) is 2. The Hall–Kier alpha value is -2.62. The number of piperazine rings is 1. The van der Waals surface area contributed by atoms with E-state index >= 15 is 0 Å². The van der Waals surface area contributed by atoms with E-state index < -0.39 is 0 Å². The van der Waals surface area contributed by atoms with Crippen molar-refractivity contribution in [2.45, 2.75) is 20.8 Å². The van der Waals surface area contributed by atoms with Crippen molar-refractivity contribution in [3.05, 3.63) is 64.2 Å². The van der Waals surface area contributed by atoms with Crippen LogP contribution in [-0.2, 0) is 0 Å². The molecule has 0 bridgehead atoms. The van der Waals surface area contributed by atoms with Crippen LogP contribution in [0.1, 0.15) is 37.4 Å². The Morgan fingerprint density at radius 2 is 1.48 bits per heavy atom. The predicted molar refractivity (Wildman–Crippen MR) is 101 cm³/mol. The zero-order valence-corrected chi connectivity index (χ0v) is 15.1. The number of benzene rings is 2. The molecule has 130 valence electrons. The van der Waals surface area contributed by atoms with Crippen molar-refractivity contribution >= 4 is 17.9 Å². The van der Waals surface area contributed by atoms with E-state index in [1.54, 1.807) is 0 Å². The third-order valence-electron chi connectivity index (χ3n) is 4.83. The number of carbonyl (C=O) groups excluding carboxylic acids is 2. The van der Waals surface area contributed by atoms with Crippen molar-refractivity contribution in [2.75, 3.05) is 31.1 Å². The molecule has 0 unspecified atom stereocenters. The summed E-state index contributed by atoms with van der Waals surface area (Å²) in [6, 6.07) is 11.6. The highest BCUT2D eigenvalue weighted by Crippen LogP contribution is 2.27. The first kappa shape index (κ1) is 17.2. The summed E-state index contributed by atoms with van der Waals surface area (Å²) < 4.78 is 0. The summed E-state index contributed by atoms with van der Waals surface area (Å²) in [5.74, 6) is 0.101. The van der Waals surface area contributed by atoms with Crippen molar-refractivity contribution in [1.82, 2.24) is 4.90 Å². The number of anilines is 1. The molecule has 0 spiro atoms. The minimum absolute atomic E-state index is 0.101. The van der Waals surface area contributed by atoms with Crippen LogP contribution in [-0.4, -0.2) is 43.3 Å². The third-order valence-corrected chi connectivity index (χ3v) is 4.83. The van der Waals surface area contributed by atoms with Gasteiger partial charge in [-0.05, 0) is 56.2 Å². The molecule has 2 aromatic carbocycles. The predicted octanol–water partition coefficient (Wildman–Crippen LogP) is 3.39. The van der Waals surface area contributed by atoms with Gasteiger partial charge in [0.15, 0.2) is 0 Å². The van der Waals surface area contributed by atoms with Gasteiger partial charge in [0.25, 0.3) is 5.91 Å². The number of carbonyl (C=O) groups is 2. The van der Waals surface area contributed by atoms with Crippen molar-refractivity contribution in [2.24, 2.45) is 0 Å².